The highest BCUT2D eigenvalue weighted by molar-refractivity contribution is 9.10. The average Bonchev–Trinajstić information content (AvgIpc) is 3.02. The lowest BCUT2D eigenvalue weighted by molar-refractivity contribution is 0.381. The van der Waals surface area contributed by atoms with Crippen LogP contribution in [0.4, 0.5) is 4.39 Å². The number of nitrogens with one attached hydrogen (secondary N) is 1. The Bertz CT molecular complexity index is 391. The first-order valence-electron chi connectivity index (χ1n) is 5.44. The van der Waals surface area contributed by atoms with Gasteiger partial charge < -0.3 is 11.1 Å². The number of nitrogens with two attached hydrogens (primary N) is 1. The summed E-state index contributed by atoms with van der Waals surface area (Å²) in [4.78, 5) is 0. The Balaban J connectivity index is 2.26. The van der Waals surface area contributed by atoms with Crippen LogP contribution in [0.15, 0.2) is 22.7 Å². The fourth-order valence-electron chi connectivity index (χ4n) is 2.19. The highest BCUT2D eigenvalue weighted by atomic mass is 79.9. The van der Waals surface area contributed by atoms with Crippen molar-refractivity contribution in [2.75, 3.05) is 13.6 Å². The van der Waals surface area contributed by atoms with Gasteiger partial charge in [-0.05, 0) is 38.1 Å². The molecule has 4 heteroatoms. The maximum Gasteiger partial charge on any atom is 0.128 e. The zero-order valence-corrected chi connectivity index (χ0v) is 10.8. The number of hydrogen-bond donors (Lipinski definition) is 2. The van der Waals surface area contributed by atoms with Gasteiger partial charge in [0.25, 0.3) is 0 Å². The van der Waals surface area contributed by atoms with Crippen LogP contribution >= 0.6 is 15.9 Å². The van der Waals surface area contributed by atoms with E-state index in [4.69, 9.17) is 5.73 Å². The summed E-state index contributed by atoms with van der Waals surface area (Å²) in [5, 5.41) is 3.14. The molecule has 0 aliphatic heterocycles. The van der Waals surface area contributed by atoms with Gasteiger partial charge in [-0.25, -0.2) is 4.39 Å². The average molecular weight is 287 g/mol. The molecule has 0 spiro atoms. The van der Waals surface area contributed by atoms with Crippen LogP contribution in [0.1, 0.15) is 24.4 Å². The van der Waals surface area contributed by atoms with Crippen molar-refractivity contribution in [2.24, 2.45) is 11.1 Å². The molecule has 0 aromatic heterocycles. The van der Waals surface area contributed by atoms with Crippen LogP contribution in [0, 0.1) is 11.2 Å². The zero-order chi connectivity index (χ0) is 11.8. The van der Waals surface area contributed by atoms with Crippen molar-refractivity contribution in [1.29, 1.82) is 0 Å². The third kappa shape index (κ3) is 2.14. The fraction of sp³-hybridized carbons (Fsp3) is 0.500. The van der Waals surface area contributed by atoms with Crippen LogP contribution in [-0.2, 0) is 0 Å². The summed E-state index contributed by atoms with van der Waals surface area (Å²) in [6, 6.07) is 4.73. The molecule has 1 atom stereocenters. The molecule has 0 saturated heterocycles. The number of halogens is 2. The first kappa shape index (κ1) is 12.0. The molecule has 1 unspecified atom stereocenters. The smallest absolute Gasteiger partial charge is 0.128 e. The second-order valence-electron chi connectivity index (χ2n) is 4.54. The summed E-state index contributed by atoms with van der Waals surface area (Å²) in [7, 11) is 1.91. The second kappa shape index (κ2) is 4.43. The molecule has 1 aromatic rings. The molecule has 1 aromatic carbocycles. The van der Waals surface area contributed by atoms with E-state index in [-0.39, 0.29) is 17.3 Å². The molecule has 1 aliphatic carbocycles. The molecule has 1 saturated carbocycles. The molecule has 3 N–H and O–H groups in total. The van der Waals surface area contributed by atoms with Crippen LogP contribution in [0.2, 0.25) is 0 Å². The van der Waals surface area contributed by atoms with Crippen LogP contribution in [0.5, 0.6) is 0 Å². The molecule has 0 bridgehead atoms. The van der Waals surface area contributed by atoms with E-state index >= 15 is 0 Å². The minimum atomic E-state index is -0.225. The van der Waals surface area contributed by atoms with E-state index in [9.17, 15) is 4.39 Å². The summed E-state index contributed by atoms with van der Waals surface area (Å²) < 4.78 is 14.6. The predicted octanol–water partition coefficient (Wildman–Crippen LogP) is 2.59. The molecular weight excluding hydrogens is 271 g/mol. The van der Waals surface area contributed by atoms with Crippen LogP contribution in [0.3, 0.4) is 0 Å². The monoisotopic (exact) mass is 286 g/mol. The van der Waals surface area contributed by atoms with Crippen molar-refractivity contribution in [3.63, 3.8) is 0 Å². The van der Waals surface area contributed by atoms with Crippen molar-refractivity contribution in [3.05, 3.63) is 34.1 Å². The summed E-state index contributed by atoms with van der Waals surface area (Å²) in [5.74, 6) is -0.210. The normalized spacial score (nSPS) is 19.5. The van der Waals surface area contributed by atoms with E-state index in [0.717, 1.165) is 23.9 Å². The first-order valence-corrected chi connectivity index (χ1v) is 6.23. The minimum Gasteiger partial charge on any atom is -0.323 e. The van der Waals surface area contributed by atoms with Crippen LogP contribution < -0.4 is 11.1 Å². The molecule has 16 heavy (non-hydrogen) atoms. The quantitative estimate of drug-likeness (QED) is 0.893. The molecule has 0 radical (unpaired) electrons. The molecule has 0 amide bonds. The molecule has 1 fully saturated rings. The third-order valence-corrected chi connectivity index (χ3v) is 3.87. The molecule has 0 heterocycles. The molecule has 2 rings (SSSR count). The SMILES string of the molecule is CNCC1(C(N)c2cc(Br)ccc2F)CC1. The van der Waals surface area contributed by atoms with Crippen LogP contribution in [-0.4, -0.2) is 13.6 Å². The van der Waals surface area contributed by atoms with Gasteiger partial charge in [0.05, 0.1) is 0 Å². The summed E-state index contributed by atoms with van der Waals surface area (Å²) in [6.07, 6.45) is 2.14. The third-order valence-electron chi connectivity index (χ3n) is 3.37. The zero-order valence-electron chi connectivity index (χ0n) is 9.26. The highest BCUT2D eigenvalue weighted by Crippen LogP contribution is 2.53. The summed E-state index contributed by atoms with van der Waals surface area (Å²) in [6.45, 7) is 0.847. The largest absolute Gasteiger partial charge is 0.323 e. The summed E-state index contributed by atoms with van der Waals surface area (Å²) in [5.41, 5.74) is 6.86. The lowest BCUT2D eigenvalue weighted by Crippen LogP contribution is -2.31. The van der Waals surface area contributed by atoms with Gasteiger partial charge in [-0.15, -0.1) is 0 Å². The molecule has 2 nitrogen and oxygen atoms in total. The maximum absolute atomic E-state index is 13.7. The van der Waals surface area contributed by atoms with E-state index in [1.54, 1.807) is 12.1 Å². The Morgan fingerprint density at radius 1 is 1.56 bits per heavy atom. The fourth-order valence-corrected chi connectivity index (χ4v) is 2.57. The molecule has 1 aliphatic rings. The van der Waals surface area contributed by atoms with Gasteiger partial charge in [0.1, 0.15) is 5.82 Å². The van der Waals surface area contributed by atoms with Gasteiger partial charge in [0, 0.05) is 28.0 Å². The standard InChI is InChI=1S/C12H16BrFN2/c1-16-7-12(4-5-12)11(15)9-6-8(13)2-3-10(9)14/h2-3,6,11,16H,4-5,7,15H2,1H3. The van der Waals surface area contributed by atoms with E-state index in [2.05, 4.69) is 21.2 Å². The van der Waals surface area contributed by atoms with E-state index in [1.807, 2.05) is 7.05 Å². The Morgan fingerprint density at radius 3 is 2.81 bits per heavy atom. The lowest BCUT2D eigenvalue weighted by atomic mass is 9.90. The lowest BCUT2D eigenvalue weighted by Gasteiger charge is -2.24. The number of benzene rings is 1. The van der Waals surface area contributed by atoms with Gasteiger partial charge in [-0.1, -0.05) is 15.9 Å². The van der Waals surface area contributed by atoms with Crippen molar-refractivity contribution in [3.8, 4) is 0 Å². The minimum absolute atomic E-state index is 0.0520. The van der Waals surface area contributed by atoms with E-state index < -0.39 is 0 Å². The first-order chi connectivity index (χ1) is 7.59. The van der Waals surface area contributed by atoms with E-state index in [0.29, 0.717) is 5.56 Å². The maximum atomic E-state index is 13.7. The van der Waals surface area contributed by atoms with Gasteiger partial charge >= 0.3 is 0 Å². The van der Waals surface area contributed by atoms with Gasteiger partial charge in [-0.2, -0.15) is 0 Å². The number of hydrogen-bond acceptors (Lipinski definition) is 2. The number of rotatable bonds is 4. The van der Waals surface area contributed by atoms with Crippen LogP contribution in [0.25, 0.3) is 0 Å². The predicted molar refractivity (Wildman–Crippen MR) is 66.6 cm³/mol. The topological polar surface area (TPSA) is 38.0 Å². The van der Waals surface area contributed by atoms with Crippen molar-refractivity contribution >= 4 is 15.9 Å². The Morgan fingerprint density at radius 2 is 2.25 bits per heavy atom. The Labute approximate surface area is 104 Å². The van der Waals surface area contributed by atoms with Gasteiger partial charge in [0.2, 0.25) is 0 Å². The second-order valence-corrected chi connectivity index (χ2v) is 5.45. The summed E-state index contributed by atoms with van der Waals surface area (Å²) >= 11 is 3.35. The van der Waals surface area contributed by atoms with E-state index in [1.165, 1.54) is 6.07 Å². The molecule has 88 valence electrons. The van der Waals surface area contributed by atoms with Crippen molar-refractivity contribution in [2.45, 2.75) is 18.9 Å². The van der Waals surface area contributed by atoms with Crippen molar-refractivity contribution in [1.82, 2.24) is 5.32 Å². The molecular formula is C12H16BrFN2. The Kier molecular flexibility index (Phi) is 3.33. The van der Waals surface area contributed by atoms with Gasteiger partial charge in [-0.3, -0.25) is 0 Å². The Hall–Kier alpha value is -0.450. The van der Waals surface area contributed by atoms with Gasteiger partial charge in [0.15, 0.2) is 0 Å². The van der Waals surface area contributed by atoms with Crippen molar-refractivity contribution < 1.29 is 4.39 Å². The highest BCUT2D eigenvalue weighted by Gasteiger charge is 2.48.